The molecule has 24 heavy (non-hydrogen) atoms. The van der Waals surface area contributed by atoms with Gasteiger partial charge in [0, 0.05) is 0 Å². The van der Waals surface area contributed by atoms with Crippen LogP contribution in [0.1, 0.15) is 12.0 Å². The lowest BCUT2D eigenvalue weighted by Crippen LogP contribution is -1.93. The second-order valence-corrected chi connectivity index (χ2v) is 7.61. The third kappa shape index (κ3) is 5.08. The Morgan fingerprint density at radius 1 is 0.958 bits per heavy atom. The Kier molecular flexibility index (Phi) is 6.26. The lowest BCUT2D eigenvalue weighted by Gasteiger charge is -2.13. The number of rotatable bonds is 4. The van der Waals surface area contributed by atoms with E-state index in [0.717, 1.165) is 22.8 Å². The van der Waals surface area contributed by atoms with Gasteiger partial charge in [-0.25, -0.2) is 4.39 Å². The second-order valence-electron chi connectivity index (χ2n) is 5.14. The van der Waals surface area contributed by atoms with Gasteiger partial charge in [-0.2, -0.15) is 5.11 Å². The molecule has 2 nitrogen and oxygen atoms in total. The van der Waals surface area contributed by atoms with Gasteiger partial charge in [0.25, 0.3) is 0 Å². The summed E-state index contributed by atoms with van der Waals surface area (Å²) in [6, 6.07) is 16.2. The van der Waals surface area contributed by atoms with Gasteiger partial charge in [0.05, 0.1) is 9.92 Å². The van der Waals surface area contributed by atoms with Crippen LogP contribution in [-0.4, -0.2) is 11.5 Å². The predicted molar refractivity (Wildman–Crippen MR) is 103 cm³/mol. The summed E-state index contributed by atoms with van der Waals surface area (Å²) < 4.78 is 14.2. The summed E-state index contributed by atoms with van der Waals surface area (Å²) in [5.41, 5.74) is 2.63. The zero-order valence-electron chi connectivity index (χ0n) is 13.1. The standard InChI is InChI=1S/C19H17FN2S2/c20-16-8-10-17(11-9-16)21-22-18(19-23-13-4-14-24-19)12-7-15-5-2-1-3-6-15/h1-3,5-12H,4,13-14H2/b12-7+,22-21?. The average molecular weight is 356 g/mol. The van der Waals surface area contributed by atoms with Crippen LogP contribution in [0.3, 0.4) is 0 Å². The molecule has 3 rings (SSSR count). The van der Waals surface area contributed by atoms with Crippen molar-refractivity contribution < 1.29 is 4.39 Å². The van der Waals surface area contributed by atoms with E-state index in [1.807, 2.05) is 53.9 Å². The van der Waals surface area contributed by atoms with Crippen LogP contribution in [0.4, 0.5) is 10.1 Å². The topological polar surface area (TPSA) is 24.7 Å². The molecule has 0 unspecified atom stereocenters. The molecular formula is C19H17FN2S2. The lowest BCUT2D eigenvalue weighted by atomic mass is 10.2. The Hall–Kier alpha value is -1.85. The van der Waals surface area contributed by atoms with E-state index < -0.39 is 0 Å². The van der Waals surface area contributed by atoms with E-state index >= 15 is 0 Å². The highest BCUT2D eigenvalue weighted by Crippen LogP contribution is 2.38. The van der Waals surface area contributed by atoms with Crippen molar-refractivity contribution in [3.63, 3.8) is 0 Å². The second kappa shape index (κ2) is 8.85. The summed E-state index contributed by atoms with van der Waals surface area (Å²) in [5, 5.41) is 8.67. The first-order valence-corrected chi connectivity index (χ1v) is 9.69. The molecule has 1 saturated heterocycles. The third-order valence-corrected chi connectivity index (χ3v) is 5.93. The van der Waals surface area contributed by atoms with Crippen molar-refractivity contribution >= 4 is 35.3 Å². The van der Waals surface area contributed by atoms with Crippen LogP contribution < -0.4 is 0 Å². The number of allylic oxidation sites excluding steroid dienone is 1. The van der Waals surface area contributed by atoms with Crippen LogP contribution in [0.2, 0.25) is 0 Å². The maximum absolute atomic E-state index is 13.0. The Morgan fingerprint density at radius 2 is 1.67 bits per heavy atom. The van der Waals surface area contributed by atoms with Crippen LogP contribution in [0, 0.1) is 5.82 Å². The van der Waals surface area contributed by atoms with Gasteiger partial charge in [-0.15, -0.1) is 28.6 Å². The van der Waals surface area contributed by atoms with E-state index in [-0.39, 0.29) is 5.82 Å². The minimum Gasteiger partial charge on any atom is -0.207 e. The highest BCUT2D eigenvalue weighted by atomic mass is 32.2. The molecule has 0 aromatic heterocycles. The van der Waals surface area contributed by atoms with Gasteiger partial charge >= 0.3 is 0 Å². The van der Waals surface area contributed by atoms with Crippen molar-refractivity contribution in [2.75, 3.05) is 11.5 Å². The molecule has 0 spiro atoms. The molecule has 0 radical (unpaired) electrons. The molecule has 1 aliphatic rings. The van der Waals surface area contributed by atoms with E-state index in [9.17, 15) is 4.39 Å². The van der Waals surface area contributed by atoms with Gasteiger partial charge < -0.3 is 0 Å². The number of hydrogen-bond donors (Lipinski definition) is 0. The summed E-state index contributed by atoms with van der Waals surface area (Å²) >= 11 is 3.64. The highest BCUT2D eigenvalue weighted by Gasteiger charge is 2.11. The van der Waals surface area contributed by atoms with Gasteiger partial charge in [-0.1, -0.05) is 36.4 Å². The summed E-state index contributed by atoms with van der Waals surface area (Å²) in [7, 11) is 0. The molecule has 0 amide bonds. The smallest absolute Gasteiger partial charge is 0.123 e. The first kappa shape index (κ1) is 17.0. The lowest BCUT2D eigenvalue weighted by molar-refractivity contribution is 0.628. The van der Waals surface area contributed by atoms with E-state index in [0.29, 0.717) is 5.69 Å². The van der Waals surface area contributed by atoms with Crippen molar-refractivity contribution in [3.8, 4) is 0 Å². The number of hydrogen-bond acceptors (Lipinski definition) is 4. The molecular weight excluding hydrogens is 339 g/mol. The fourth-order valence-corrected chi connectivity index (χ4v) is 4.56. The predicted octanol–water partition coefficient (Wildman–Crippen LogP) is 6.66. The molecule has 2 aromatic carbocycles. The summed E-state index contributed by atoms with van der Waals surface area (Å²) in [4.78, 5) is 0. The Morgan fingerprint density at radius 3 is 2.38 bits per heavy atom. The van der Waals surface area contributed by atoms with Crippen molar-refractivity contribution in [3.05, 3.63) is 82.0 Å². The largest absolute Gasteiger partial charge is 0.207 e. The maximum Gasteiger partial charge on any atom is 0.123 e. The third-order valence-electron chi connectivity index (χ3n) is 3.30. The van der Waals surface area contributed by atoms with Gasteiger partial charge in [-0.05, 0) is 53.8 Å². The minimum atomic E-state index is -0.269. The Bertz CT molecular complexity index is 745. The number of nitrogens with zero attached hydrogens (tertiary/aromatic N) is 2. The van der Waals surface area contributed by atoms with Crippen LogP contribution in [0.5, 0.6) is 0 Å². The SMILES string of the molecule is Fc1ccc(N=NC(/C=C/c2ccccc2)=C2SCCCS2)cc1. The molecule has 1 heterocycles. The quantitative estimate of drug-likeness (QED) is 0.572. The normalized spacial score (nSPS) is 15.3. The zero-order chi connectivity index (χ0) is 16.6. The van der Waals surface area contributed by atoms with Crippen molar-refractivity contribution in [1.29, 1.82) is 0 Å². The van der Waals surface area contributed by atoms with E-state index in [2.05, 4.69) is 22.4 Å². The van der Waals surface area contributed by atoms with Gasteiger partial charge in [0.1, 0.15) is 11.5 Å². The maximum atomic E-state index is 13.0. The van der Waals surface area contributed by atoms with Gasteiger partial charge in [0.15, 0.2) is 0 Å². The fraction of sp³-hybridized carbons (Fsp3) is 0.158. The number of thioether (sulfide) groups is 2. The Labute approximate surface area is 150 Å². The molecule has 0 atom stereocenters. The number of halogens is 1. The van der Waals surface area contributed by atoms with E-state index in [1.54, 1.807) is 12.1 Å². The van der Waals surface area contributed by atoms with Crippen molar-refractivity contribution in [2.45, 2.75) is 6.42 Å². The molecule has 1 fully saturated rings. The molecule has 0 N–H and O–H groups in total. The van der Waals surface area contributed by atoms with Gasteiger partial charge in [-0.3, -0.25) is 0 Å². The Balaban J connectivity index is 1.84. The molecule has 122 valence electrons. The molecule has 0 bridgehead atoms. The number of azo groups is 1. The minimum absolute atomic E-state index is 0.269. The van der Waals surface area contributed by atoms with Crippen LogP contribution in [0.15, 0.2) is 80.8 Å². The first-order chi connectivity index (χ1) is 11.8. The van der Waals surface area contributed by atoms with Crippen molar-refractivity contribution in [2.24, 2.45) is 10.2 Å². The highest BCUT2D eigenvalue weighted by molar-refractivity contribution is 8.22. The summed E-state index contributed by atoms with van der Waals surface area (Å²) in [6.07, 6.45) is 5.26. The van der Waals surface area contributed by atoms with E-state index in [4.69, 9.17) is 0 Å². The fourth-order valence-electron chi connectivity index (χ4n) is 2.08. The molecule has 1 aliphatic heterocycles. The first-order valence-electron chi connectivity index (χ1n) is 7.71. The number of benzene rings is 2. The van der Waals surface area contributed by atoms with Crippen LogP contribution >= 0.6 is 23.5 Å². The van der Waals surface area contributed by atoms with Crippen LogP contribution in [-0.2, 0) is 0 Å². The van der Waals surface area contributed by atoms with Gasteiger partial charge in [0.2, 0.25) is 0 Å². The molecule has 0 saturated carbocycles. The molecule has 0 aliphatic carbocycles. The summed E-state index contributed by atoms with van der Waals surface area (Å²) in [5.74, 6) is 1.95. The van der Waals surface area contributed by atoms with E-state index in [1.165, 1.54) is 22.8 Å². The zero-order valence-corrected chi connectivity index (χ0v) is 14.7. The molecule has 2 aromatic rings. The average Bonchev–Trinajstić information content (AvgIpc) is 2.65. The van der Waals surface area contributed by atoms with Crippen LogP contribution in [0.25, 0.3) is 6.08 Å². The monoisotopic (exact) mass is 356 g/mol. The van der Waals surface area contributed by atoms with Crippen molar-refractivity contribution in [1.82, 2.24) is 0 Å². The molecule has 5 heteroatoms. The summed E-state index contributed by atoms with van der Waals surface area (Å²) in [6.45, 7) is 0.